The zero-order valence-electron chi connectivity index (χ0n) is 11.3. The normalized spacial score (nSPS) is 11.2. The van der Waals surface area contributed by atoms with Gasteiger partial charge >= 0.3 is 0 Å². The molecule has 2 aromatic carbocycles. The maximum Gasteiger partial charge on any atom is 0.0685 e. The van der Waals surface area contributed by atoms with Crippen LogP contribution in [0.15, 0.2) is 48.7 Å². The second-order valence-electron chi connectivity index (χ2n) is 4.98. The van der Waals surface area contributed by atoms with Crippen LogP contribution in [0.3, 0.4) is 0 Å². The van der Waals surface area contributed by atoms with Crippen LogP contribution in [0.25, 0.3) is 10.9 Å². The summed E-state index contributed by atoms with van der Waals surface area (Å²) >= 11 is 6.24. The first kappa shape index (κ1) is 13.2. The Balaban J connectivity index is 2.11. The molecule has 1 heterocycles. The molecule has 0 saturated heterocycles. The smallest absolute Gasteiger partial charge is 0.0685 e. The van der Waals surface area contributed by atoms with Gasteiger partial charge < -0.3 is 9.67 Å². The lowest BCUT2D eigenvalue weighted by Gasteiger charge is -2.11. The van der Waals surface area contributed by atoms with E-state index >= 15 is 0 Å². The van der Waals surface area contributed by atoms with Gasteiger partial charge in [0.15, 0.2) is 0 Å². The Hall–Kier alpha value is -1.77. The lowest BCUT2D eigenvalue weighted by atomic mass is 10.1. The Labute approximate surface area is 123 Å². The second kappa shape index (κ2) is 5.31. The van der Waals surface area contributed by atoms with Crippen molar-refractivity contribution in [2.75, 3.05) is 0 Å². The van der Waals surface area contributed by atoms with Gasteiger partial charge in [-0.2, -0.15) is 0 Å². The third kappa shape index (κ3) is 2.21. The highest BCUT2D eigenvalue weighted by molar-refractivity contribution is 6.31. The predicted octanol–water partition coefficient (Wildman–Crippen LogP) is 4.14. The van der Waals surface area contributed by atoms with Crippen molar-refractivity contribution in [3.63, 3.8) is 0 Å². The van der Waals surface area contributed by atoms with Gasteiger partial charge in [0.2, 0.25) is 0 Å². The van der Waals surface area contributed by atoms with E-state index in [2.05, 4.69) is 29.8 Å². The van der Waals surface area contributed by atoms with Crippen molar-refractivity contribution >= 4 is 22.5 Å². The molecule has 0 aliphatic rings. The van der Waals surface area contributed by atoms with Crippen LogP contribution < -0.4 is 0 Å². The number of aryl methyl sites for hydroxylation is 1. The van der Waals surface area contributed by atoms with Gasteiger partial charge in [-0.1, -0.05) is 41.9 Å². The molecule has 1 N–H and O–H groups in total. The fraction of sp³-hybridized carbons (Fsp3) is 0.176. The van der Waals surface area contributed by atoms with E-state index in [-0.39, 0.29) is 6.61 Å². The largest absolute Gasteiger partial charge is 0.392 e. The maximum absolute atomic E-state index is 9.41. The van der Waals surface area contributed by atoms with E-state index in [1.165, 1.54) is 5.39 Å². The number of hydrogen-bond donors (Lipinski definition) is 1. The summed E-state index contributed by atoms with van der Waals surface area (Å²) in [6, 6.07) is 14.0. The molecule has 3 rings (SSSR count). The average molecular weight is 286 g/mol. The van der Waals surface area contributed by atoms with Crippen molar-refractivity contribution in [1.82, 2.24) is 4.57 Å². The summed E-state index contributed by atoms with van der Waals surface area (Å²) in [6.07, 6.45) is 2.07. The Morgan fingerprint density at radius 1 is 1.05 bits per heavy atom. The number of halogens is 1. The van der Waals surface area contributed by atoms with E-state index < -0.39 is 0 Å². The molecule has 20 heavy (non-hydrogen) atoms. The predicted molar refractivity (Wildman–Crippen MR) is 83.2 cm³/mol. The van der Waals surface area contributed by atoms with Gasteiger partial charge in [-0.3, -0.25) is 0 Å². The summed E-state index contributed by atoms with van der Waals surface area (Å²) in [5.74, 6) is 0. The Morgan fingerprint density at radius 2 is 1.85 bits per heavy atom. The molecule has 0 amide bonds. The van der Waals surface area contributed by atoms with E-state index in [0.717, 1.165) is 33.8 Å². The van der Waals surface area contributed by atoms with Gasteiger partial charge in [0.1, 0.15) is 0 Å². The first-order valence-corrected chi connectivity index (χ1v) is 7.00. The summed E-state index contributed by atoms with van der Waals surface area (Å²) in [6.45, 7) is 2.86. The monoisotopic (exact) mass is 285 g/mol. The van der Waals surface area contributed by atoms with Crippen molar-refractivity contribution in [3.05, 3.63) is 70.4 Å². The summed E-state index contributed by atoms with van der Waals surface area (Å²) in [4.78, 5) is 0. The average Bonchev–Trinajstić information content (AvgIpc) is 2.86. The third-order valence-corrected chi connectivity index (χ3v) is 4.13. The molecule has 0 aliphatic carbocycles. The minimum atomic E-state index is 0.0685. The van der Waals surface area contributed by atoms with Crippen LogP contribution in [-0.2, 0) is 13.2 Å². The van der Waals surface area contributed by atoms with Crippen LogP contribution >= 0.6 is 11.6 Å². The summed E-state index contributed by atoms with van der Waals surface area (Å²) in [7, 11) is 0. The topological polar surface area (TPSA) is 25.2 Å². The number of rotatable bonds is 3. The van der Waals surface area contributed by atoms with E-state index in [1.54, 1.807) is 0 Å². The second-order valence-corrected chi connectivity index (χ2v) is 5.39. The molecule has 3 aromatic rings. The summed E-state index contributed by atoms with van der Waals surface area (Å²) < 4.78 is 2.19. The number of benzene rings is 2. The quantitative estimate of drug-likeness (QED) is 0.768. The highest BCUT2D eigenvalue weighted by atomic mass is 35.5. The molecule has 0 bridgehead atoms. The molecule has 0 atom stereocenters. The molecule has 102 valence electrons. The Bertz CT molecular complexity index is 761. The molecule has 2 nitrogen and oxygen atoms in total. The molecule has 1 aromatic heterocycles. The minimum Gasteiger partial charge on any atom is -0.392 e. The molecule has 0 spiro atoms. The Kier molecular flexibility index (Phi) is 3.51. The first-order chi connectivity index (χ1) is 9.70. The van der Waals surface area contributed by atoms with Gasteiger partial charge in [0, 0.05) is 17.8 Å². The number of fused-ring (bicyclic) bond motifs is 1. The summed E-state index contributed by atoms with van der Waals surface area (Å²) in [5.41, 5.74) is 4.36. The van der Waals surface area contributed by atoms with Crippen molar-refractivity contribution < 1.29 is 5.11 Å². The fourth-order valence-electron chi connectivity index (χ4n) is 2.64. The summed E-state index contributed by atoms with van der Waals surface area (Å²) in [5, 5.41) is 11.4. The highest BCUT2D eigenvalue weighted by Crippen LogP contribution is 2.25. The zero-order chi connectivity index (χ0) is 14.1. The van der Waals surface area contributed by atoms with Crippen LogP contribution in [0.2, 0.25) is 5.02 Å². The van der Waals surface area contributed by atoms with Crippen molar-refractivity contribution in [3.8, 4) is 0 Å². The SMILES string of the molecule is Cc1c(CO)ccc2ccn(Cc3ccccc3Cl)c12. The van der Waals surface area contributed by atoms with Gasteiger partial charge in [0.25, 0.3) is 0 Å². The molecular weight excluding hydrogens is 270 g/mol. The van der Waals surface area contributed by atoms with Crippen LogP contribution in [-0.4, -0.2) is 9.67 Å². The molecule has 0 aliphatic heterocycles. The van der Waals surface area contributed by atoms with E-state index in [1.807, 2.05) is 30.3 Å². The van der Waals surface area contributed by atoms with E-state index in [9.17, 15) is 5.11 Å². The molecule has 0 saturated carbocycles. The van der Waals surface area contributed by atoms with Crippen molar-refractivity contribution in [2.24, 2.45) is 0 Å². The van der Waals surface area contributed by atoms with E-state index in [4.69, 9.17) is 11.6 Å². The van der Waals surface area contributed by atoms with Crippen LogP contribution in [0.4, 0.5) is 0 Å². The van der Waals surface area contributed by atoms with E-state index in [0.29, 0.717) is 0 Å². The number of aliphatic hydroxyl groups excluding tert-OH is 1. The van der Waals surface area contributed by atoms with Crippen molar-refractivity contribution in [1.29, 1.82) is 0 Å². The zero-order valence-corrected chi connectivity index (χ0v) is 12.1. The number of hydrogen-bond acceptors (Lipinski definition) is 1. The van der Waals surface area contributed by atoms with Crippen LogP contribution in [0.5, 0.6) is 0 Å². The maximum atomic E-state index is 9.41. The third-order valence-electron chi connectivity index (χ3n) is 3.76. The minimum absolute atomic E-state index is 0.0685. The molecule has 3 heteroatoms. The standard InChI is InChI=1S/C17H16ClNO/c1-12-15(11-20)7-6-13-8-9-19(17(12)13)10-14-4-2-3-5-16(14)18/h2-9,20H,10-11H2,1H3. The first-order valence-electron chi connectivity index (χ1n) is 6.62. The van der Waals surface area contributed by atoms with Crippen LogP contribution in [0, 0.1) is 6.92 Å². The molecule has 0 fully saturated rings. The molecule has 0 radical (unpaired) electrons. The Morgan fingerprint density at radius 3 is 2.60 bits per heavy atom. The molecule has 0 unspecified atom stereocenters. The van der Waals surface area contributed by atoms with Gasteiger partial charge in [0.05, 0.1) is 12.1 Å². The van der Waals surface area contributed by atoms with Gasteiger partial charge in [-0.15, -0.1) is 0 Å². The van der Waals surface area contributed by atoms with Crippen LogP contribution in [0.1, 0.15) is 16.7 Å². The lowest BCUT2D eigenvalue weighted by Crippen LogP contribution is -2.01. The van der Waals surface area contributed by atoms with Crippen molar-refractivity contribution in [2.45, 2.75) is 20.1 Å². The van der Waals surface area contributed by atoms with Gasteiger partial charge in [-0.25, -0.2) is 0 Å². The number of nitrogens with zero attached hydrogens (tertiary/aromatic N) is 1. The van der Waals surface area contributed by atoms with Gasteiger partial charge in [-0.05, 0) is 41.1 Å². The number of aromatic nitrogens is 1. The molecular formula is C17H16ClNO. The lowest BCUT2D eigenvalue weighted by molar-refractivity contribution is 0.281. The number of aliphatic hydroxyl groups is 1. The fourth-order valence-corrected chi connectivity index (χ4v) is 2.83. The highest BCUT2D eigenvalue weighted by Gasteiger charge is 2.09.